The molecule has 2 saturated carbocycles. The second-order valence-electron chi connectivity index (χ2n) is 6.47. The normalized spacial score (nSPS) is 29.3. The minimum absolute atomic E-state index is 0.430. The molecule has 20 heavy (non-hydrogen) atoms. The van der Waals surface area contributed by atoms with E-state index in [1.54, 1.807) is 0 Å². The third kappa shape index (κ3) is 2.40. The molecule has 1 spiro atoms. The molecule has 2 fully saturated rings. The van der Waals surface area contributed by atoms with Gasteiger partial charge < -0.3 is 10.1 Å². The van der Waals surface area contributed by atoms with E-state index in [-0.39, 0.29) is 0 Å². The van der Waals surface area contributed by atoms with Gasteiger partial charge in [-0.15, -0.1) is 0 Å². The van der Waals surface area contributed by atoms with E-state index in [1.165, 1.54) is 37.7 Å². The fourth-order valence-corrected chi connectivity index (χ4v) is 4.26. The molecule has 110 valence electrons. The molecule has 3 rings (SSSR count). The maximum atomic E-state index is 5.99. The molecule has 0 aromatic heterocycles. The van der Waals surface area contributed by atoms with Gasteiger partial charge in [-0.3, -0.25) is 0 Å². The zero-order valence-corrected chi connectivity index (χ0v) is 12.8. The summed E-state index contributed by atoms with van der Waals surface area (Å²) in [6.45, 7) is 5.26. The summed E-state index contributed by atoms with van der Waals surface area (Å²) in [5.74, 6) is 0. The quantitative estimate of drug-likeness (QED) is 0.873. The average Bonchev–Trinajstić information content (AvgIpc) is 2.99. The van der Waals surface area contributed by atoms with Crippen LogP contribution in [-0.4, -0.2) is 18.8 Å². The van der Waals surface area contributed by atoms with Gasteiger partial charge in [0, 0.05) is 24.1 Å². The van der Waals surface area contributed by atoms with Gasteiger partial charge in [-0.2, -0.15) is 0 Å². The van der Waals surface area contributed by atoms with E-state index in [1.807, 2.05) is 0 Å². The molecule has 1 aromatic carbocycles. The third-order valence-corrected chi connectivity index (χ3v) is 5.44. The van der Waals surface area contributed by atoms with E-state index < -0.39 is 0 Å². The lowest BCUT2D eigenvalue weighted by Gasteiger charge is -2.55. The molecule has 1 N–H and O–H groups in total. The standard InChI is InChI=1S/C18H27NO/c1-3-20-17-13-16(18(17)11-7-8-12-18)19-14(2)15-9-5-4-6-10-15/h4-6,9-10,14,16-17,19H,3,7-8,11-13H2,1-2H3/t14-,16?,17?/m1/s1. The Morgan fingerprint density at radius 1 is 1.25 bits per heavy atom. The summed E-state index contributed by atoms with van der Waals surface area (Å²) in [6, 6.07) is 11.8. The molecule has 0 radical (unpaired) electrons. The van der Waals surface area contributed by atoms with Crippen molar-refractivity contribution < 1.29 is 4.74 Å². The van der Waals surface area contributed by atoms with Crippen molar-refractivity contribution in [3.8, 4) is 0 Å². The third-order valence-electron chi connectivity index (χ3n) is 5.44. The van der Waals surface area contributed by atoms with E-state index in [9.17, 15) is 0 Å². The first kappa shape index (κ1) is 14.1. The second-order valence-corrected chi connectivity index (χ2v) is 6.47. The fourth-order valence-electron chi connectivity index (χ4n) is 4.26. The summed E-state index contributed by atoms with van der Waals surface area (Å²) >= 11 is 0. The lowest BCUT2D eigenvalue weighted by atomic mass is 9.60. The molecule has 0 amide bonds. The second kappa shape index (κ2) is 5.87. The Hall–Kier alpha value is -0.860. The first-order valence-corrected chi connectivity index (χ1v) is 8.19. The summed E-state index contributed by atoms with van der Waals surface area (Å²) in [7, 11) is 0. The molecule has 0 heterocycles. The van der Waals surface area contributed by atoms with Gasteiger partial charge in [0.15, 0.2) is 0 Å². The van der Waals surface area contributed by atoms with Crippen LogP contribution in [0.4, 0.5) is 0 Å². The fraction of sp³-hybridized carbons (Fsp3) is 0.667. The van der Waals surface area contributed by atoms with Crippen molar-refractivity contribution in [3.05, 3.63) is 35.9 Å². The zero-order chi connectivity index (χ0) is 14.0. The van der Waals surface area contributed by atoms with Crippen LogP contribution in [-0.2, 0) is 4.74 Å². The Morgan fingerprint density at radius 2 is 1.95 bits per heavy atom. The average molecular weight is 273 g/mol. The Kier molecular flexibility index (Phi) is 4.13. The van der Waals surface area contributed by atoms with Crippen LogP contribution in [0.1, 0.15) is 57.6 Å². The zero-order valence-electron chi connectivity index (χ0n) is 12.8. The maximum absolute atomic E-state index is 5.99. The van der Waals surface area contributed by atoms with Crippen molar-refractivity contribution in [1.29, 1.82) is 0 Å². The van der Waals surface area contributed by atoms with Crippen molar-refractivity contribution in [1.82, 2.24) is 5.32 Å². The molecule has 0 bridgehead atoms. The van der Waals surface area contributed by atoms with Crippen molar-refractivity contribution in [2.45, 2.75) is 64.1 Å². The van der Waals surface area contributed by atoms with Crippen LogP contribution in [0, 0.1) is 5.41 Å². The van der Waals surface area contributed by atoms with Crippen LogP contribution in [0.15, 0.2) is 30.3 Å². The van der Waals surface area contributed by atoms with E-state index in [0.717, 1.165) is 6.61 Å². The van der Waals surface area contributed by atoms with Crippen molar-refractivity contribution in [3.63, 3.8) is 0 Å². The van der Waals surface area contributed by atoms with Crippen molar-refractivity contribution >= 4 is 0 Å². The predicted octanol–water partition coefficient (Wildman–Crippen LogP) is 4.08. The number of rotatable bonds is 5. The maximum Gasteiger partial charge on any atom is 0.0661 e. The van der Waals surface area contributed by atoms with Gasteiger partial charge >= 0.3 is 0 Å². The first-order valence-electron chi connectivity index (χ1n) is 8.19. The van der Waals surface area contributed by atoms with Crippen LogP contribution in [0.3, 0.4) is 0 Å². The number of ether oxygens (including phenoxy) is 1. The first-order chi connectivity index (χ1) is 9.76. The van der Waals surface area contributed by atoms with E-state index in [2.05, 4.69) is 49.5 Å². The van der Waals surface area contributed by atoms with Gasteiger partial charge in [0.2, 0.25) is 0 Å². The van der Waals surface area contributed by atoms with Gasteiger partial charge in [-0.1, -0.05) is 43.2 Å². The molecule has 2 unspecified atom stereocenters. The molecule has 1 aromatic rings. The molecule has 0 aliphatic heterocycles. The van der Waals surface area contributed by atoms with Crippen LogP contribution < -0.4 is 5.32 Å². The van der Waals surface area contributed by atoms with Crippen LogP contribution in [0.25, 0.3) is 0 Å². The molecule has 2 aliphatic carbocycles. The van der Waals surface area contributed by atoms with Gasteiger partial charge in [0.25, 0.3) is 0 Å². The Labute approximate surface area is 122 Å². The van der Waals surface area contributed by atoms with Gasteiger partial charge in [0.05, 0.1) is 6.10 Å². The monoisotopic (exact) mass is 273 g/mol. The molecule has 0 saturated heterocycles. The summed E-state index contributed by atoms with van der Waals surface area (Å²) < 4.78 is 5.99. The SMILES string of the molecule is CCOC1CC(N[C@H](C)c2ccccc2)C12CCCC2. The molecule has 2 nitrogen and oxygen atoms in total. The molecular formula is C18H27NO. The highest BCUT2D eigenvalue weighted by molar-refractivity contribution is 5.20. The van der Waals surface area contributed by atoms with Crippen molar-refractivity contribution in [2.75, 3.05) is 6.61 Å². The van der Waals surface area contributed by atoms with E-state index in [4.69, 9.17) is 4.74 Å². The lowest BCUT2D eigenvalue weighted by Crippen LogP contribution is -2.63. The summed E-state index contributed by atoms with van der Waals surface area (Å²) in [5, 5.41) is 3.87. The molecular weight excluding hydrogens is 246 g/mol. The smallest absolute Gasteiger partial charge is 0.0661 e. The van der Waals surface area contributed by atoms with Crippen LogP contribution in [0.5, 0.6) is 0 Å². The summed E-state index contributed by atoms with van der Waals surface area (Å²) in [5.41, 5.74) is 1.82. The highest BCUT2D eigenvalue weighted by Gasteiger charge is 2.56. The van der Waals surface area contributed by atoms with Crippen LogP contribution >= 0.6 is 0 Å². The minimum atomic E-state index is 0.430. The number of nitrogens with one attached hydrogen (secondary N) is 1. The van der Waals surface area contributed by atoms with E-state index >= 15 is 0 Å². The highest BCUT2D eigenvalue weighted by atomic mass is 16.5. The molecule has 2 aliphatic rings. The summed E-state index contributed by atoms with van der Waals surface area (Å²) in [6.07, 6.45) is 7.12. The van der Waals surface area contributed by atoms with Gasteiger partial charge in [-0.05, 0) is 38.7 Å². The van der Waals surface area contributed by atoms with E-state index in [0.29, 0.717) is 23.6 Å². The largest absolute Gasteiger partial charge is 0.378 e. The number of benzene rings is 1. The van der Waals surface area contributed by atoms with Gasteiger partial charge in [0.1, 0.15) is 0 Å². The minimum Gasteiger partial charge on any atom is -0.378 e. The highest BCUT2D eigenvalue weighted by Crippen LogP contribution is 2.55. The lowest BCUT2D eigenvalue weighted by molar-refractivity contribution is -0.132. The Morgan fingerprint density at radius 3 is 2.60 bits per heavy atom. The van der Waals surface area contributed by atoms with Gasteiger partial charge in [-0.25, -0.2) is 0 Å². The Balaban J connectivity index is 1.66. The number of hydrogen-bond donors (Lipinski definition) is 1. The summed E-state index contributed by atoms with van der Waals surface area (Å²) in [4.78, 5) is 0. The van der Waals surface area contributed by atoms with Crippen LogP contribution in [0.2, 0.25) is 0 Å². The molecule has 3 atom stereocenters. The predicted molar refractivity (Wildman–Crippen MR) is 82.7 cm³/mol. The number of hydrogen-bond acceptors (Lipinski definition) is 2. The van der Waals surface area contributed by atoms with Crippen molar-refractivity contribution in [2.24, 2.45) is 5.41 Å². The molecule has 2 heteroatoms. The Bertz CT molecular complexity index is 424. The topological polar surface area (TPSA) is 21.3 Å².